The van der Waals surface area contributed by atoms with E-state index in [4.69, 9.17) is 18.9 Å². The van der Waals surface area contributed by atoms with Crippen molar-refractivity contribution in [3.05, 3.63) is 47.5 Å². The van der Waals surface area contributed by atoms with Crippen molar-refractivity contribution in [2.75, 3.05) is 20.8 Å². The van der Waals surface area contributed by atoms with Crippen molar-refractivity contribution in [2.24, 2.45) is 0 Å². The van der Waals surface area contributed by atoms with Crippen LogP contribution in [-0.2, 0) is 6.61 Å². The summed E-state index contributed by atoms with van der Waals surface area (Å²) in [7, 11) is 3.03. The molecule has 1 aliphatic heterocycles. The third-order valence-electron chi connectivity index (χ3n) is 3.45. The molecule has 0 saturated carbocycles. The Bertz CT molecular complexity index is 694. The normalized spacial score (nSPS) is 12.5. The summed E-state index contributed by atoms with van der Waals surface area (Å²) in [5, 5.41) is 0. The summed E-state index contributed by atoms with van der Waals surface area (Å²) < 4.78 is 21.9. The number of Topliss-reactive ketones (excluding diaryl/α,β-unsaturated/α-hetero) is 1. The van der Waals surface area contributed by atoms with E-state index in [1.807, 2.05) is 30.3 Å². The topological polar surface area (TPSA) is 54.0 Å². The number of hydrogen-bond acceptors (Lipinski definition) is 5. The van der Waals surface area contributed by atoms with Gasteiger partial charge in [0.2, 0.25) is 17.3 Å². The molecule has 0 radical (unpaired) electrons. The number of methoxy groups -OCH3 is 2. The van der Waals surface area contributed by atoms with Crippen LogP contribution in [0.25, 0.3) is 0 Å². The first kappa shape index (κ1) is 14.3. The SMILES string of the molecule is COc1c(OCc2ccccc2)cc2c(c1OC)OCC2=O. The molecular weight excluding hydrogens is 284 g/mol. The standard InChI is InChI=1S/C17H16O5/c1-19-16-14(21-9-11-6-4-3-5-7-11)8-12-13(18)10-22-15(12)17(16)20-2/h3-8H,9-10H2,1-2H3. The fourth-order valence-electron chi connectivity index (χ4n) is 2.39. The van der Waals surface area contributed by atoms with Crippen LogP contribution in [0.15, 0.2) is 36.4 Å². The maximum atomic E-state index is 11.9. The van der Waals surface area contributed by atoms with Gasteiger partial charge in [-0.3, -0.25) is 4.79 Å². The van der Waals surface area contributed by atoms with E-state index in [1.54, 1.807) is 6.07 Å². The number of ether oxygens (including phenoxy) is 4. The first-order chi connectivity index (χ1) is 10.7. The largest absolute Gasteiger partial charge is 0.490 e. The van der Waals surface area contributed by atoms with Crippen molar-refractivity contribution >= 4 is 5.78 Å². The van der Waals surface area contributed by atoms with Crippen molar-refractivity contribution in [3.63, 3.8) is 0 Å². The summed E-state index contributed by atoms with van der Waals surface area (Å²) in [5.41, 5.74) is 1.48. The molecule has 1 aliphatic rings. The summed E-state index contributed by atoms with van der Waals surface area (Å²) in [4.78, 5) is 11.9. The Balaban J connectivity index is 1.96. The van der Waals surface area contributed by atoms with Gasteiger partial charge in [-0.2, -0.15) is 0 Å². The Morgan fingerprint density at radius 3 is 2.50 bits per heavy atom. The van der Waals surface area contributed by atoms with Crippen LogP contribution in [0.1, 0.15) is 15.9 Å². The zero-order valence-electron chi connectivity index (χ0n) is 12.4. The van der Waals surface area contributed by atoms with Gasteiger partial charge in [-0.1, -0.05) is 30.3 Å². The lowest BCUT2D eigenvalue weighted by Gasteiger charge is -2.16. The molecule has 0 bridgehead atoms. The predicted octanol–water partition coefficient (Wildman–Crippen LogP) is 2.86. The van der Waals surface area contributed by atoms with Gasteiger partial charge in [0.1, 0.15) is 6.61 Å². The predicted molar refractivity (Wildman–Crippen MR) is 80.1 cm³/mol. The fourth-order valence-corrected chi connectivity index (χ4v) is 2.39. The van der Waals surface area contributed by atoms with Crippen molar-refractivity contribution in [1.82, 2.24) is 0 Å². The lowest BCUT2D eigenvalue weighted by atomic mass is 10.1. The zero-order chi connectivity index (χ0) is 15.5. The molecule has 0 spiro atoms. The minimum Gasteiger partial charge on any atom is -0.490 e. The van der Waals surface area contributed by atoms with Crippen LogP contribution < -0.4 is 18.9 Å². The molecule has 0 saturated heterocycles. The molecule has 22 heavy (non-hydrogen) atoms. The quantitative estimate of drug-likeness (QED) is 0.850. The van der Waals surface area contributed by atoms with Crippen LogP contribution in [0.4, 0.5) is 0 Å². The van der Waals surface area contributed by atoms with Crippen LogP contribution in [0, 0.1) is 0 Å². The lowest BCUT2D eigenvalue weighted by molar-refractivity contribution is 0.0960. The summed E-state index contributed by atoms with van der Waals surface area (Å²) in [6.07, 6.45) is 0. The van der Waals surface area contributed by atoms with Gasteiger partial charge in [0, 0.05) is 0 Å². The molecule has 0 aliphatic carbocycles. The van der Waals surface area contributed by atoms with Crippen LogP contribution in [0.3, 0.4) is 0 Å². The second-order valence-electron chi connectivity index (χ2n) is 4.80. The minimum absolute atomic E-state index is 0.0109. The third kappa shape index (κ3) is 2.45. The molecule has 0 amide bonds. The molecule has 0 aromatic heterocycles. The maximum absolute atomic E-state index is 11.9. The number of ketones is 1. The minimum atomic E-state index is -0.0967. The zero-order valence-corrected chi connectivity index (χ0v) is 12.4. The summed E-state index contributed by atoms with van der Waals surface area (Å²) in [6.45, 7) is 0.380. The number of carbonyl (C=O) groups excluding carboxylic acids is 1. The van der Waals surface area contributed by atoms with E-state index in [0.717, 1.165) is 5.56 Å². The summed E-state index contributed by atoms with van der Waals surface area (Å²) >= 11 is 0. The number of carbonyl (C=O) groups is 1. The summed E-state index contributed by atoms with van der Waals surface area (Å²) in [5.74, 6) is 1.58. The lowest BCUT2D eigenvalue weighted by Crippen LogP contribution is -2.02. The maximum Gasteiger partial charge on any atom is 0.208 e. The highest BCUT2D eigenvalue weighted by Gasteiger charge is 2.30. The van der Waals surface area contributed by atoms with Gasteiger partial charge in [-0.25, -0.2) is 0 Å². The highest BCUT2D eigenvalue weighted by atomic mass is 16.6. The van der Waals surface area contributed by atoms with E-state index in [2.05, 4.69) is 0 Å². The molecule has 1 heterocycles. The van der Waals surface area contributed by atoms with Crippen molar-refractivity contribution < 1.29 is 23.7 Å². The van der Waals surface area contributed by atoms with Crippen molar-refractivity contribution in [3.8, 4) is 23.0 Å². The van der Waals surface area contributed by atoms with Gasteiger partial charge in [-0.05, 0) is 11.6 Å². The first-order valence-corrected chi connectivity index (χ1v) is 6.86. The Morgan fingerprint density at radius 1 is 1.09 bits per heavy atom. The van der Waals surface area contributed by atoms with Crippen molar-refractivity contribution in [1.29, 1.82) is 0 Å². The molecule has 114 valence electrons. The number of rotatable bonds is 5. The van der Waals surface area contributed by atoms with Gasteiger partial charge in [-0.15, -0.1) is 0 Å². The fraction of sp³-hybridized carbons (Fsp3) is 0.235. The number of fused-ring (bicyclic) bond motifs is 1. The van der Waals surface area contributed by atoms with E-state index in [1.165, 1.54) is 14.2 Å². The third-order valence-corrected chi connectivity index (χ3v) is 3.45. The Morgan fingerprint density at radius 2 is 1.82 bits per heavy atom. The van der Waals surface area contributed by atoms with Gasteiger partial charge >= 0.3 is 0 Å². The molecule has 0 unspecified atom stereocenters. The smallest absolute Gasteiger partial charge is 0.208 e. The number of hydrogen-bond donors (Lipinski definition) is 0. The van der Waals surface area contributed by atoms with Crippen LogP contribution in [0.2, 0.25) is 0 Å². The van der Waals surface area contributed by atoms with E-state index in [-0.39, 0.29) is 12.4 Å². The van der Waals surface area contributed by atoms with Gasteiger partial charge in [0.05, 0.1) is 19.8 Å². The van der Waals surface area contributed by atoms with Crippen LogP contribution >= 0.6 is 0 Å². The number of benzene rings is 2. The average Bonchev–Trinajstić information content (AvgIpc) is 2.93. The second kappa shape index (κ2) is 5.97. The van der Waals surface area contributed by atoms with E-state index in [9.17, 15) is 4.79 Å². The van der Waals surface area contributed by atoms with Crippen LogP contribution in [0.5, 0.6) is 23.0 Å². The molecule has 0 N–H and O–H groups in total. The first-order valence-electron chi connectivity index (χ1n) is 6.86. The highest BCUT2D eigenvalue weighted by Crippen LogP contribution is 2.48. The molecule has 5 heteroatoms. The molecule has 2 aromatic rings. The molecule has 3 rings (SSSR count). The van der Waals surface area contributed by atoms with Gasteiger partial charge in [0.15, 0.2) is 18.1 Å². The molecular formula is C17H16O5. The Kier molecular flexibility index (Phi) is 3.87. The molecule has 0 atom stereocenters. The van der Waals surface area contributed by atoms with E-state index < -0.39 is 0 Å². The average molecular weight is 300 g/mol. The van der Waals surface area contributed by atoms with Gasteiger partial charge in [0.25, 0.3) is 0 Å². The second-order valence-corrected chi connectivity index (χ2v) is 4.80. The molecule has 2 aromatic carbocycles. The van der Waals surface area contributed by atoms with E-state index >= 15 is 0 Å². The Labute approximate surface area is 128 Å². The van der Waals surface area contributed by atoms with Crippen molar-refractivity contribution in [2.45, 2.75) is 6.61 Å². The highest BCUT2D eigenvalue weighted by molar-refractivity contribution is 6.04. The Hall–Kier alpha value is -2.69. The summed E-state index contributed by atoms with van der Waals surface area (Å²) in [6, 6.07) is 11.4. The van der Waals surface area contributed by atoms with Crippen LogP contribution in [-0.4, -0.2) is 26.6 Å². The molecule has 5 nitrogen and oxygen atoms in total. The van der Waals surface area contributed by atoms with Gasteiger partial charge < -0.3 is 18.9 Å². The molecule has 0 fully saturated rings. The monoisotopic (exact) mass is 300 g/mol. The van der Waals surface area contributed by atoms with E-state index in [0.29, 0.717) is 35.2 Å².